The second-order valence-electron chi connectivity index (χ2n) is 18.3. The minimum atomic E-state index is -3.29. The Morgan fingerprint density at radius 3 is 1.35 bits per heavy atom. The third kappa shape index (κ3) is 6.34. The van der Waals surface area contributed by atoms with Crippen LogP contribution in [0.5, 0.6) is 0 Å². The second kappa shape index (κ2) is 12.2. The summed E-state index contributed by atoms with van der Waals surface area (Å²) in [6.07, 6.45) is 10.5. The summed E-state index contributed by atoms with van der Waals surface area (Å²) in [5, 5.41) is 0. The number of halogens is 1. The van der Waals surface area contributed by atoms with Gasteiger partial charge in [-0.25, -0.2) is 0 Å². The maximum atomic E-state index is 14.5. The van der Waals surface area contributed by atoms with Crippen molar-refractivity contribution in [3.63, 3.8) is 0 Å². The van der Waals surface area contributed by atoms with E-state index in [0.717, 1.165) is 67.8 Å². The van der Waals surface area contributed by atoms with Crippen molar-refractivity contribution >= 4 is 44.5 Å². The number of esters is 2. The van der Waals surface area contributed by atoms with Gasteiger partial charge in [-0.3, -0.25) is 0 Å². The van der Waals surface area contributed by atoms with Gasteiger partial charge < -0.3 is 0 Å². The summed E-state index contributed by atoms with van der Waals surface area (Å²) >= 11 is -3.29. The van der Waals surface area contributed by atoms with Gasteiger partial charge in [-0.05, 0) is 0 Å². The van der Waals surface area contributed by atoms with Crippen LogP contribution in [0.25, 0.3) is 0 Å². The maximum absolute atomic E-state index is 14.5. The number of rotatable bonds is 11. The molecule has 0 aromatic heterocycles. The van der Waals surface area contributed by atoms with Crippen molar-refractivity contribution in [2.75, 3.05) is 0 Å². The van der Waals surface area contributed by atoms with Crippen LogP contribution in [0.4, 0.5) is 0 Å². The van der Waals surface area contributed by atoms with Crippen LogP contribution in [0, 0.1) is 48.9 Å². The molecule has 8 fully saturated rings. The first kappa shape index (κ1) is 35.2. The summed E-state index contributed by atoms with van der Waals surface area (Å²) in [6.45, 7) is 11.7. The zero-order valence-electron chi connectivity index (χ0n) is 30.2. The van der Waals surface area contributed by atoms with Gasteiger partial charge in [0.05, 0.1) is 0 Å². The predicted molar refractivity (Wildman–Crippen MR) is 191 cm³/mol. The zero-order chi connectivity index (χ0) is 35.0. The topological polar surface area (TPSA) is 105 Å². The van der Waals surface area contributed by atoms with Crippen LogP contribution in [0.1, 0.15) is 131 Å². The number of hydrogen-bond donors (Lipinski definition) is 0. The molecule has 0 aliphatic heterocycles. The van der Waals surface area contributed by atoms with Crippen molar-refractivity contribution in [3.05, 3.63) is 33.9 Å². The molecule has 8 aliphatic carbocycles. The quantitative estimate of drug-likeness (QED) is 0.162. The SMILES string of the molecule is CCC(C)(C)C(=O)OC12CC3CC(C1)CC(C(=O)OI(OC(=O)C14CC5CC(CC(OC(=O)C(C)(C)CC)(C5)C1)C4)c1ccccc1)(C3)C2. The number of ether oxygens (including phenoxy) is 2. The molecule has 8 nitrogen and oxygen atoms in total. The van der Waals surface area contributed by atoms with E-state index in [9.17, 15) is 19.2 Å². The molecule has 8 bridgehead atoms. The van der Waals surface area contributed by atoms with Crippen molar-refractivity contribution < 1.29 is 34.8 Å². The third-order valence-electron chi connectivity index (χ3n) is 13.6. The summed E-state index contributed by atoms with van der Waals surface area (Å²) in [6, 6.07) is 9.50. The molecule has 49 heavy (non-hydrogen) atoms. The van der Waals surface area contributed by atoms with Crippen molar-refractivity contribution in [1.29, 1.82) is 0 Å². The van der Waals surface area contributed by atoms with E-state index in [1.54, 1.807) is 0 Å². The van der Waals surface area contributed by atoms with Gasteiger partial charge in [-0.15, -0.1) is 0 Å². The van der Waals surface area contributed by atoms with Crippen molar-refractivity contribution in [2.45, 2.75) is 143 Å². The molecule has 9 heteroatoms. The Kier molecular flexibility index (Phi) is 8.79. The van der Waals surface area contributed by atoms with E-state index in [2.05, 4.69) is 0 Å². The van der Waals surface area contributed by atoms with Crippen molar-refractivity contribution in [2.24, 2.45) is 45.3 Å². The molecule has 8 saturated carbocycles. The monoisotopic (exact) mass is 790 g/mol. The van der Waals surface area contributed by atoms with Gasteiger partial charge >= 0.3 is 301 Å². The Bertz CT molecular complexity index is 1380. The fourth-order valence-corrected chi connectivity index (χ4v) is 14.2. The standard InChI is InChI=1S/C40H55IO8/c1-7-35(3,4)31(42)46-39-20-26-14-27(21-39)17-37(16-26,24-39)33(44)48-41(30-12-10-9-11-13-30)49-34(45)38-18-28-15-29(19-38)23-40(22-28,25-38)47-32(43)36(5,6)8-2/h9-13,26-29H,7-8,14-25H2,1-6H3. The van der Waals surface area contributed by atoms with Crippen LogP contribution in [-0.4, -0.2) is 35.1 Å². The molecule has 8 aliphatic rings. The van der Waals surface area contributed by atoms with E-state index in [1.807, 2.05) is 71.9 Å². The van der Waals surface area contributed by atoms with Gasteiger partial charge in [-0.2, -0.15) is 0 Å². The molecule has 4 atom stereocenters. The molecule has 1 aromatic rings. The fourth-order valence-electron chi connectivity index (χ4n) is 10.9. The Hall–Kier alpha value is -2.17. The second-order valence-corrected chi connectivity index (χ2v) is 21.7. The molecular formula is C40H55IO8. The molecule has 4 unspecified atom stereocenters. The Morgan fingerprint density at radius 2 is 1.00 bits per heavy atom. The van der Waals surface area contributed by atoms with E-state index in [4.69, 9.17) is 15.6 Å². The van der Waals surface area contributed by atoms with E-state index >= 15 is 0 Å². The first-order chi connectivity index (χ1) is 23.0. The molecule has 270 valence electrons. The average Bonchev–Trinajstić information content (AvgIpc) is 3.03. The fraction of sp³-hybridized carbons (Fsp3) is 0.750. The summed E-state index contributed by atoms with van der Waals surface area (Å²) in [5.41, 5.74) is -3.96. The van der Waals surface area contributed by atoms with Crippen LogP contribution in [-0.2, 0) is 34.8 Å². The molecule has 9 rings (SSSR count). The Labute approximate surface area is 300 Å². The molecule has 0 heterocycles. The van der Waals surface area contributed by atoms with Gasteiger partial charge in [-0.1, -0.05) is 0 Å². The van der Waals surface area contributed by atoms with Crippen LogP contribution >= 0.6 is 20.6 Å². The number of benzene rings is 1. The van der Waals surface area contributed by atoms with Gasteiger partial charge in [0.1, 0.15) is 0 Å². The van der Waals surface area contributed by atoms with Gasteiger partial charge in [0, 0.05) is 0 Å². The third-order valence-corrected chi connectivity index (χ3v) is 16.9. The van der Waals surface area contributed by atoms with Crippen molar-refractivity contribution in [1.82, 2.24) is 0 Å². The molecule has 0 radical (unpaired) electrons. The van der Waals surface area contributed by atoms with Gasteiger partial charge in [0.2, 0.25) is 0 Å². The van der Waals surface area contributed by atoms with E-state index in [-0.39, 0.29) is 23.9 Å². The zero-order valence-corrected chi connectivity index (χ0v) is 32.4. The predicted octanol–water partition coefficient (Wildman–Crippen LogP) is 8.92. The van der Waals surface area contributed by atoms with E-state index < -0.39 is 53.5 Å². The summed E-state index contributed by atoms with van der Waals surface area (Å²) < 4.78 is 26.5. The molecule has 0 N–H and O–H groups in total. The molecule has 1 aromatic carbocycles. The van der Waals surface area contributed by atoms with Crippen LogP contribution in [0.15, 0.2) is 30.3 Å². The number of carbonyl (C=O) groups excluding carboxylic acids is 4. The van der Waals surface area contributed by atoms with E-state index in [1.165, 1.54) is 0 Å². The number of carbonyl (C=O) groups is 4. The van der Waals surface area contributed by atoms with Crippen LogP contribution in [0.3, 0.4) is 0 Å². The molecule has 0 saturated heterocycles. The summed E-state index contributed by atoms with van der Waals surface area (Å²) in [7, 11) is 0. The van der Waals surface area contributed by atoms with Crippen molar-refractivity contribution in [3.8, 4) is 0 Å². The first-order valence-corrected chi connectivity index (χ1v) is 21.6. The first-order valence-electron chi connectivity index (χ1n) is 18.7. The Morgan fingerprint density at radius 1 is 0.633 bits per heavy atom. The average molecular weight is 791 g/mol. The van der Waals surface area contributed by atoms with Crippen LogP contribution < -0.4 is 0 Å². The molecule has 0 amide bonds. The minimum absolute atomic E-state index is 0.190. The Balaban J connectivity index is 1.12. The van der Waals surface area contributed by atoms with Crippen LogP contribution in [0.2, 0.25) is 0 Å². The molecular weight excluding hydrogens is 735 g/mol. The molecule has 0 spiro atoms. The normalized spacial score (nSPS) is 37.4. The number of hydrogen-bond acceptors (Lipinski definition) is 8. The summed E-state index contributed by atoms with van der Waals surface area (Å²) in [4.78, 5) is 55.7. The van der Waals surface area contributed by atoms with Gasteiger partial charge in [0.25, 0.3) is 0 Å². The van der Waals surface area contributed by atoms with E-state index in [0.29, 0.717) is 49.4 Å². The van der Waals surface area contributed by atoms with Gasteiger partial charge in [0.15, 0.2) is 0 Å². The summed E-state index contributed by atoms with van der Waals surface area (Å²) in [5.74, 6) is 0.238.